The average molecular weight is 394 g/mol. The number of hydrogen-bond donors (Lipinski definition) is 2. The summed E-state index contributed by atoms with van der Waals surface area (Å²) in [7, 11) is 0. The maximum atomic E-state index is 12.4. The normalized spacial score (nSPS) is 21.3. The SMILES string of the molecule is O=C(O)N(CC1CCCC(CN(CC(F)(F)F)C(=O)O)C1)CC(F)(F)F. The van der Waals surface area contributed by atoms with Crippen LogP contribution in [0.3, 0.4) is 0 Å². The highest BCUT2D eigenvalue weighted by molar-refractivity contribution is 5.65. The van der Waals surface area contributed by atoms with E-state index in [4.69, 9.17) is 10.2 Å². The van der Waals surface area contributed by atoms with Crippen molar-refractivity contribution in [3.63, 3.8) is 0 Å². The summed E-state index contributed by atoms with van der Waals surface area (Å²) in [6.45, 7) is -4.03. The molecule has 1 saturated carbocycles. The van der Waals surface area contributed by atoms with E-state index < -0.39 is 62.6 Å². The van der Waals surface area contributed by atoms with Gasteiger partial charge in [-0.25, -0.2) is 9.59 Å². The summed E-state index contributed by atoms with van der Waals surface area (Å²) in [5.74, 6) is -0.928. The van der Waals surface area contributed by atoms with Crippen LogP contribution >= 0.6 is 0 Å². The lowest BCUT2D eigenvalue weighted by atomic mass is 9.81. The minimum Gasteiger partial charge on any atom is -0.465 e. The number of rotatable bonds is 6. The summed E-state index contributed by atoms with van der Waals surface area (Å²) in [4.78, 5) is 22.4. The van der Waals surface area contributed by atoms with Crippen LogP contribution in [-0.4, -0.2) is 70.7 Å². The van der Waals surface area contributed by atoms with Crippen LogP contribution < -0.4 is 0 Å². The van der Waals surface area contributed by atoms with Crippen LogP contribution in [0.4, 0.5) is 35.9 Å². The van der Waals surface area contributed by atoms with Crippen LogP contribution in [0, 0.1) is 11.8 Å². The van der Waals surface area contributed by atoms with Gasteiger partial charge in [-0.1, -0.05) is 6.42 Å². The fourth-order valence-electron chi connectivity index (χ4n) is 3.21. The van der Waals surface area contributed by atoms with Gasteiger partial charge in [0, 0.05) is 13.1 Å². The number of carbonyl (C=O) groups is 2. The lowest BCUT2D eigenvalue weighted by Gasteiger charge is -2.34. The fourth-order valence-corrected chi connectivity index (χ4v) is 3.21. The van der Waals surface area contributed by atoms with E-state index in [-0.39, 0.29) is 16.2 Å². The third-order valence-electron chi connectivity index (χ3n) is 4.13. The van der Waals surface area contributed by atoms with Gasteiger partial charge in [0.1, 0.15) is 13.1 Å². The summed E-state index contributed by atoms with van der Waals surface area (Å²) >= 11 is 0. The Kier molecular flexibility index (Phi) is 7.39. The Morgan fingerprint density at radius 1 is 0.808 bits per heavy atom. The summed E-state index contributed by atoms with van der Waals surface area (Å²) < 4.78 is 74.6. The van der Waals surface area contributed by atoms with E-state index in [1.54, 1.807) is 0 Å². The Balaban J connectivity index is 2.67. The van der Waals surface area contributed by atoms with Gasteiger partial charge < -0.3 is 10.2 Å². The molecule has 2 unspecified atom stereocenters. The van der Waals surface area contributed by atoms with Crippen LogP contribution in [0.5, 0.6) is 0 Å². The van der Waals surface area contributed by atoms with Gasteiger partial charge in [0.05, 0.1) is 0 Å². The molecular formula is C14H20F6N2O4. The van der Waals surface area contributed by atoms with Crippen molar-refractivity contribution in [2.45, 2.75) is 38.0 Å². The van der Waals surface area contributed by atoms with Crippen molar-refractivity contribution in [2.75, 3.05) is 26.2 Å². The Morgan fingerprint density at radius 2 is 1.15 bits per heavy atom. The molecule has 12 heteroatoms. The number of nitrogens with zero attached hydrogens (tertiary/aromatic N) is 2. The highest BCUT2D eigenvalue weighted by atomic mass is 19.4. The lowest BCUT2D eigenvalue weighted by Crippen LogP contribution is -2.44. The molecule has 0 aromatic rings. The van der Waals surface area contributed by atoms with Crippen molar-refractivity contribution < 1.29 is 46.1 Å². The van der Waals surface area contributed by atoms with Crippen LogP contribution in [0.25, 0.3) is 0 Å². The number of halogens is 6. The van der Waals surface area contributed by atoms with Crippen molar-refractivity contribution in [3.05, 3.63) is 0 Å². The van der Waals surface area contributed by atoms with Crippen molar-refractivity contribution in [1.29, 1.82) is 0 Å². The van der Waals surface area contributed by atoms with Gasteiger partial charge in [-0.2, -0.15) is 26.3 Å². The van der Waals surface area contributed by atoms with E-state index in [9.17, 15) is 35.9 Å². The highest BCUT2D eigenvalue weighted by Gasteiger charge is 2.37. The zero-order valence-corrected chi connectivity index (χ0v) is 13.7. The molecule has 1 rings (SSSR count). The predicted octanol–water partition coefficient (Wildman–Crippen LogP) is 3.88. The Morgan fingerprint density at radius 3 is 1.42 bits per heavy atom. The van der Waals surface area contributed by atoms with E-state index in [0.717, 1.165) is 0 Å². The third-order valence-corrected chi connectivity index (χ3v) is 4.13. The molecule has 0 spiro atoms. The van der Waals surface area contributed by atoms with Crippen molar-refractivity contribution in [1.82, 2.24) is 9.80 Å². The summed E-state index contributed by atoms with van der Waals surface area (Å²) in [6, 6.07) is 0. The molecule has 0 bridgehead atoms. The lowest BCUT2D eigenvalue weighted by molar-refractivity contribution is -0.144. The van der Waals surface area contributed by atoms with Gasteiger partial charge in [0.2, 0.25) is 0 Å². The van der Waals surface area contributed by atoms with Crippen LogP contribution in [0.2, 0.25) is 0 Å². The molecule has 0 heterocycles. The highest BCUT2D eigenvalue weighted by Crippen LogP contribution is 2.31. The topological polar surface area (TPSA) is 81.1 Å². The fraction of sp³-hybridized carbons (Fsp3) is 0.857. The number of hydrogen-bond acceptors (Lipinski definition) is 2. The first-order valence-corrected chi connectivity index (χ1v) is 7.86. The minimum atomic E-state index is -4.70. The maximum absolute atomic E-state index is 12.4. The van der Waals surface area contributed by atoms with Crippen LogP contribution in [-0.2, 0) is 0 Å². The standard InChI is InChI=1S/C14H20F6N2O4/c15-13(16,17)7-21(11(23)24)5-9-2-1-3-10(4-9)6-22(12(25)26)8-14(18,19)20/h9-10H,1-8H2,(H,23,24)(H,25,26). The summed E-state index contributed by atoms with van der Waals surface area (Å²) in [5, 5.41) is 17.8. The number of carboxylic acid groups (broad SMARTS) is 2. The van der Waals surface area contributed by atoms with Gasteiger partial charge in [-0.15, -0.1) is 0 Å². The Bertz CT molecular complexity index is 455. The molecule has 0 saturated heterocycles. The van der Waals surface area contributed by atoms with Crippen LogP contribution in [0.15, 0.2) is 0 Å². The second-order valence-corrected chi connectivity index (χ2v) is 6.46. The van der Waals surface area contributed by atoms with E-state index in [0.29, 0.717) is 19.3 Å². The Labute approximate surface area is 145 Å². The zero-order chi connectivity index (χ0) is 20.1. The summed E-state index contributed by atoms with van der Waals surface area (Å²) in [6.07, 6.45) is -11.3. The molecule has 1 aliphatic rings. The van der Waals surface area contributed by atoms with E-state index in [1.165, 1.54) is 0 Å². The predicted molar refractivity (Wildman–Crippen MR) is 76.8 cm³/mol. The molecule has 6 nitrogen and oxygen atoms in total. The molecule has 152 valence electrons. The zero-order valence-electron chi connectivity index (χ0n) is 13.7. The first-order chi connectivity index (χ1) is 11.8. The monoisotopic (exact) mass is 394 g/mol. The second-order valence-electron chi connectivity index (χ2n) is 6.46. The molecule has 0 radical (unpaired) electrons. The van der Waals surface area contributed by atoms with Crippen molar-refractivity contribution in [3.8, 4) is 0 Å². The molecule has 0 aromatic carbocycles. The smallest absolute Gasteiger partial charge is 0.407 e. The van der Waals surface area contributed by atoms with Gasteiger partial charge >= 0.3 is 24.5 Å². The maximum Gasteiger partial charge on any atom is 0.407 e. The minimum absolute atomic E-state index is 0.170. The van der Waals surface area contributed by atoms with Crippen LogP contribution in [0.1, 0.15) is 25.7 Å². The first kappa shape index (κ1) is 22.2. The third kappa shape index (κ3) is 8.48. The quantitative estimate of drug-likeness (QED) is 0.670. The largest absolute Gasteiger partial charge is 0.465 e. The van der Waals surface area contributed by atoms with Gasteiger partial charge in [0.15, 0.2) is 0 Å². The van der Waals surface area contributed by atoms with Gasteiger partial charge in [-0.3, -0.25) is 9.80 Å². The first-order valence-electron chi connectivity index (χ1n) is 7.86. The van der Waals surface area contributed by atoms with Gasteiger partial charge in [0.25, 0.3) is 0 Å². The van der Waals surface area contributed by atoms with E-state index in [2.05, 4.69) is 0 Å². The average Bonchev–Trinajstić information content (AvgIpc) is 2.43. The molecule has 2 N–H and O–H groups in total. The number of amides is 2. The van der Waals surface area contributed by atoms with Crippen molar-refractivity contribution in [2.24, 2.45) is 11.8 Å². The molecule has 2 atom stereocenters. The second kappa shape index (κ2) is 8.67. The van der Waals surface area contributed by atoms with Crippen molar-refractivity contribution >= 4 is 12.2 Å². The molecule has 1 aliphatic carbocycles. The molecule has 0 aromatic heterocycles. The molecule has 1 fully saturated rings. The van der Waals surface area contributed by atoms with E-state index in [1.807, 2.05) is 0 Å². The molecular weight excluding hydrogens is 374 g/mol. The molecule has 0 aliphatic heterocycles. The summed E-state index contributed by atoms with van der Waals surface area (Å²) in [5.41, 5.74) is 0. The Hall–Kier alpha value is -1.88. The van der Waals surface area contributed by atoms with Gasteiger partial charge in [-0.05, 0) is 31.1 Å². The molecule has 26 heavy (non-hydrogen) atoms. The number of alkyl halides is 6. The molecule has 2 amide bonds. The van der Waals surface area contributed by atoms with E-state index >= 15 is 0 Å².